The van der Waals surface area contributed by atoms with Crippen LogP contribution in [-0.2, 0) is 13.5 Å². The summed E-state index contributed by atoms with van der Waals surface area (Å²) in [5.74, 6) is 3.07. The van der Waals surface area contributed by atoms with Gasteiger partial charge in [-0.05, 0) is 24.7 Å². The minimum Gasteiger partial charge on any atom is -0.454 e. The lowest BCUT2D eigenvalue weighted by atomic mass is 10.2. The van der Waals surface area contributed by atoms with Crippen LogP contribution in [0, 0.1) is 0 Å². The lowest BCUT2D eigenvalue weighted by Gasteiger charge is -2.01. The standard InChI is InChI=1S/C12H14N4O2/c1-16-12(14-11(15-16)4-5-13)8-2-3-9-10(6-8)18-7-17-9/h2-3,6H,4-5,7,13H2,1H3. The van der Waals surface area contributed by atoms with Crippen LogP contribution in [0.15, 0.2) is 18.2 Å². The van der Waals surface area contributed by atoms with Gasteiger partial charge in [-0.15, -0.1) is 0 Å². The maximum atomic E-state index is 5.51. The first-order valence-corrected chi connectivity index (χ1v) is 5.78. The van der Waals surface area contributed by atoms with Gasteiger partial charge in [-0.2, -0.15) is 5.10 Å². The van der Waals surface area contributed by atoms with Crippen LogP contribution < -0.4 is 15.2 Å². The monoisotopic (exact) mass is 246 g/mol. The van der Waals surface area contributed by atoms with E-state index in [1.54, 1.807) is 4.68 Å². The van der Waals surface area contributed by atoms with Crippen LogP contribution in [0.4, 0.5) is 0 Å². The van der Waals surface area contributed by atoms with Gasteiger partial charge in [0.2, 0.25) is 6.79 Å². The molecule has 0 fully saturated rings. The van der Waals surface area contributed by atoms with E-state index in [4.69, 9.17) is 15.2 Å². The van der Waals surface area contributed by atoms with Crippen molar-refractivity contribution in [3.8, 4) is 22.9 Å². The van der Waals surface area contributed by atoms with E-state index in [1.807, 2.05) is 25.2 Å². The van der Waals surface area contributed by atoms with Crippen molar-refractivity contribution in [1.82, 2.24) is 14.8 Å². The molecule has 6 heteroatoms. The van der Waals surface area contributed by atoms with Crippen LogP contribution in [0.1, 0.15) is 5.82 Å². The van der Waals surface area contributed by atoms with Gasteiger partial charge >= 0.3 is 0 Å². The predicted octanol–water partition coefficient (Wildman–Crippen LogP) is 0.712. The number of nitrogens with zero attached hydrogens (tertiary/aromatic N) is 3. The van der Waals surface area contributed by atoms with Crippen molar-refractivity contribution in [3.63, 3.8) is 0 Å². The first-order chi connectivity index (χ1) is 8.78. The summed E-state index contributed by atoms with van der Waals surface area (Å²) >= 11 is 0. The fourth-order valence-corrected chi connectivity index (χ4v) is 1.96. The van der Waals surface area contributed by atoms with Gasteiger partial charge in [0.1, 0.15) is 0 Å². The first kappa shape index (κ1) is 11.0. The number of ether oxygens (including phenoxy) is 2. The summed E-state index contributed by atoms with van der Waals surface area (Å²) in [5, 5.41) is 4.32. The van der Waals surface area contributed by atoms with E-state index in [1.165, 1.54) is 0 Å². The highest BCUT2D eigenvalue weighted by atomic mass is 16.7. The number of hydrogen-bond donors (Lipinski definition) is 1. The van der Waals surface area contributed by atoms with Gasteiger partial charge in [-0.1, -0.05) is 0 Å². The highest BCUT2D eigenvalue weighted by Gasteiger charge is 2.16. The number of rotatable bonds is 3. The summed E-state index contributed by atoms with van der Waals surface area (Å²) in [7, 11) is 1.87. The van der Waals surface area contributed by atoms with Crippen molar-refractivity contribution in [2.75, 3.05) is 13.3 Å². The van der Waals surface area contributed by atoms with Crippen molar-refractivity contribution in [1.29, 1.82) is 0 Å². The second-order valence-electron chi connectivity index (χ2n) is 4.08. The third-order valence-corrected chi connectivity index (χ3v) is 2.81. The number of benzene rings is 1. The molecule has 0 spiro atoms. The molecule has 0 saturated heterocycles. The molecule has 1 aliphatic heterocycles. The van der Waals surface area contributed by atoms with Gasteiger partial charge in [-0.25, -0.2) is 9.67 Å². The van der Waals surface area contributed by atoms with Crippen LogP contribution >= 0.6 is 0 Å². The lowest BCUT2D eigenvalue weighted by Crippen LogP contribution is -2.04. The van der Waals surface area contributed by atoms with Gasteiger partial charge in [0.15, 0.2) is 23.1 Å². The molecule has 0 aliphatic carbocycles. The average molecular weight is 246 g/mol. The van der Waals surface area contributed by atoms with Crippen LogP contribution in [0.2, 0.25) is 0 Å². The van der Waals surface area contributed by atoms with Crippen LogP contribution in [-0.4, -0.2) is 28.1 Å². The zero-order valence-corrected chi connectivity index (χ0v) is 10.1. The fraction of sp³-hybridized carbons (Fsp3) is 0.333. The zero-order valence-electron chi connectivity index (χ0n) is 10.1. The van der Waals surface area contributed by atoms with E-state index in [0.29, 0.717) is 13.0 Å². The summed E-state index contributed by atoms with van der Waals surface area (Å²) in [6.45, 7) is 0.820. The van der Waals surface area contributed by atoms with Crippen molar-refractivity contribution in [2.24, 2.45) is 12.8 Å². The van der Waals surface area contributed by atoms with Gasteiger partial charge in [-0.3, -0.25) is 0 Å². The molecule has 0 bridgehead atoms. The van der Waals surface area contributed by atoms with Gasteiger partial charge in [0, 0.05) is 19.0 Å². The second kappa shape index (κ2) is 4.30. The smallest absolute Gasteiger partial charge is 0.231 e. The molecule has 2 N–H and O–H groups in total. The molecule has 2 heterocycles. The normalized spacial score (nSPS) is 13.0. The van der Waals surface area contributed by atoms with Crippen LogP contribution in [0.25, 0.3) is 11.4 Å². The zero-order chi connectivity index (χ0) is 12.5. The molecule has 0 atom stereocenters. The maximum absolute atomic E-state index is 5.51. The molecule has 0 amide bonds. The number of aromatic nitrogens is 3. The second-order valence-corrected chi connectivity index (χ2v) is 4.08. The molecule has 1 aliphatic rings. The summed E-state index contributed by atoms with van der Waals surface area (Å²) in [4.78, 5) is 4.47. The molecule has 6 nitrogen and oxygen atoms in total. The third-order valence-electron chi connectivity index (χ3n) is 2.81. The summed E-state index contributed by atoms with van der Waals surface area (Å²) in [5.41, 5.74) is 6.46. The Morgan fingerprint density at radius 3 is 3.00 bits per heavy atom. The minimum absolute atomic E-state index is 0.274. The van der Waals surface area contributed by atoms with Crippen molar-refractivity contribution < 1.29 is 9.47 Å². The Morgan fingerprint density at radius 2 is 2.17 bits per heavy atom. The van der Waals surface area contributed by atoms with Crippen LogP contribution in [0.3, 0.4) is 0 Å². The van der Waals surface area contributed by atoms with Gasteiger partial charge < -0.3 is 15.2 Å². The molecular weight excluding hydrogens is 232 g/mol. The Morgan fingerprint density at radius 1 is 1.33 bits per heavy atom. The third kappa shape index (κ3) is 1.80. The Balaban J connectivity index is 1.99. The molecule has 3 rings (SSSR count). The molecule has 94 valence electrons. The number of aryl methyl sites for hydroxylation is 1. The predicted molar refractivity (Wildman–Crippen MR) is 65.3 cm³/mol. The van der Waals surface area contributed by atoms with E-state index in [9.17, 15) is 0 Å². The Bertz CT molecular complexity index is 579. The number of nitrogens with two attached hydrogens (primary N) is 1. The average Bonchev–Trinajstić information content (AvgIpc) is 2.95. The Kier molecular flexibility index (Phi) is 2.64. The quantitative estimate of drug-likeness (QED) is 0.863. The topological polar surface area (TPSA) is 75.2 Å². The molecule has 1 aromatic heterocycles. The fourth-order valence-electron chi connectivity index (χ4n) is 1.96. The van der Waals surface area contributed by atoms with E-state index in [2.05, 4.69) is 10.1 Å². The van der Waals surface area contributed by atoms with Crippen molar-refractivity contribution in [2.45, 2.75) is 6.42 Å². The van der Waals surface area contributed by atoms with Crippen LogP contribution in [0.5, 0.6) is 11.5 Å². The molecule has 0 saturated carbocycles. The molecule has 0 radical (unpaired) electrons. The van der Waals surface area contributed by atoms with Gasteiger partial charge in [0.05, 0.1) is 0 Å². The minimum atomic E-state index is 0.274. The largest absolute Gasteiger partial charge is 0.454 e. The maximum Gasteiger partial charge on any atom is 0.231 e. The van der Waals surface area contributed by atoms with E-state index in [-0.39, 0.29) is 6.79 Å². The molecule has 18 heavy (non-hydrogen) atoms. The summed E-state index contributed by atoms with van der Waals surface area (Å²) < 4.78 is 12.4. The Labute approximate surface area is 104 Å². The van der Waals surface area contributed by atoms with E-state index in [0.717, 1.165) is 28.7 Å². The van der Waals surface area contributed by atoms with Crippen molar-refractivity contribution >= 4 is 0 Å². The molecular formula is C12H14N4O2. The van der Waals surface area contributed by atoms with E-state index >= 15 is 0 Å². The lowest BCUT2D eigenvalue weighted by molar-refractivity contribution is 0.174. The number of hydrogen-bond acceptors (Lipinski definition) is 5. The van der Waals surface area contributed by atoms with Crippen molar-refractivity contribution in [3.05, 3.63) is 24.0 Å². The molecule has 2 aromatic rings. The SMILES string of the molecule is Cn1nc(CCN)nc1-c1ccc2c(c1)OCO2. The Hall–Kier alpha value is -2.08. The molecule has 1 aromatic carbocycles. The molecule has 0 unspecified atom stereocenters. The number of fused-ring (bicyclic) bond motifs is 1. The summed E-state index contributed by atoms with van der Waals surface area (Å²) in [6, 6.07) is 5.75. The first-order valence-electron chi connectivity index (χ1n) is 5.78. The van der Waals surface area contributed by atoms with E-state index < -0.39 is 0 Å². The highest BCUT2D eigenvalue weighted by Crippen LogP contribution is 2.35. The highest BCUT2D eigenvalue weighted by molar-refractivity contribution is 5.61. The summed E-state index contributed by atoms with van der Waals surface area (Å²) in [6.07, 6.45) is 0.679. The van der Waals surface area contributed by atoms with Gasteiger partial charge in [0.25, 0.3) is 0 Å².